The second-order valence-electron chi connectivity index (χ2n) is 5.69. The van der Waals surface area contributed by atoms with Crippen molar-refractivity contribution in [1.29, 1.82) is 0 Å². The largest absolute Gasteiger partial charge is 0.490 e. The normalized spacial score (nSPS) is 19.8. The van der Waals surface area contributed by atoms with E-state index in [2.05, 4.69) is 24.1 Å². The van der Waals surface area contributed by atoms with E-state index in [1.165, 1.54) is 7.11 Å². The lowest BCUT2D eigenvalue weighted by atomic mass is 9.96. The highest BCUT2D eigenvalue weighted by Crippen LogP contribution is 2.35. The van der Waals surface area contributed by atoms with E-state index in [9.17, 15) is 10.1 Å². The average molecular weight is 293 g/mol. The van der Waals surface area contributed by atoms with Crippen molar-refractivity contribution in [3.63, 3.8) is 0 Å². The van der Waals surface area contributed by atoms with Crippen LogP contribution in [0.15, 0.2) is 12.1 Å². The van der Waals surface area contributed by atoms with Crippen molar-refractivity contribution in [3.05, 3.63) is 33.4 Å². The van der Waals surface area contributed by atoms with Crippen LogP contribution in [0.1, 0.15) is 31.0 Å². The number of hydrogen-bond donors (Lipinski definition) is 1. The van der Waals surface area contributed by atoms with Crippen molar-refractivity contribution in [2.24, 2.45) is 0 Å². The van der Waals surface area contributed by atoms with Crippen molar-refractivity contribution < 1.29 is 9.66 Å². The minimum atomic E-state index is -0.394. The maximum absolute atomic E-state index is 11.1. The second-order valence-corrected chi connectivity index (χ2v) is 5.69. The van der Waals surface area contributed by atoms with E-state index < -0.39 is 4.92 Å². The van der Waals surface area contributed by atoms with Crippen LogP contribution in [-0.2, 0) is 0 Å². The third kappa shape index (κ3) is 3.16. The number of nitrogens with zero attached hydrogens (tertiary/aromatic N) is 2. The van der Waals surface area contributed by atoms with Gasteiger partial charge in [0.1, 0.15) is 0 Å². The number of hydrogen-bond acceptors (Lipinski definition) is 5. The molecular weight excluding hydrogens is 270 g/mol. The van der Waals surface area contributed by atoms with Crippen LogP contribution >= 0.6 is 0 Å². The maximum Gasteiger partial charge on any atom is 0.311 e. The van der Waals surface area contributed by atoms with E-state index >= 15 is 0 Å². The highest BCUT2D eigenvalue weighted by molar-refractivity contribution is 5.52. The standard InChI is InChI=1S/C15H23N3O3/c1-10(2)17-6-5-16-9-14(17)12-8-15(21-4)13(18(19)20)7-11(12)3/h7-8,10,14,16H,5-6,9H2,1-4H3. The summed E-state index contributed by atoms with van der Waals surface area (Å²) in [5.74, 6) is 0.329. The van der Waals surface area contributed by atoms with Crippen molar-refractivity contribution in [2.45, 2.75) is 32.9 Å². The third-order valence-corrected chi connectivity index (χ3v) is 4.07. The van der Waals surface area contributed by atoms with Crippen molar-refractivity contribution in [1.82, 2.24) is 10.2 Å². The summed E-state index contributed by atoms with van der Waals surface area (Å²) in [5.41, 5.74) is 2.05. The molecule has 0 amide bonds. The Morgan fingerprint density at radius 2 is 2.19 bits per heavy atom. The van der Waals surface area contributed by atoms with E-state index in [-0.39, 0.29) is 11.7 Å². The number of methoxy groups -OCH3 is 1. The van der Waals surface area contributed by atoms with E-state index in [0.717, 1.165) is 30.8 Å². The quantitative estimate of drug-likeness (QED) is 0.681. The average Bonchev–Trinajstić information content (AvgIpc) is 2.46. The second kappa shape index (κ2) is 6.41. The van der Waals surface area contributed by atoms with Crippen LogP contribution in [0.4, 0.5) is 5.69 Å². The summed E-state index contributed by atoms with van der Waals surface area (Å²) in [6.07, 6.45) is 0. The minimum Gasteiger partial charge on any atom is -0.490 e. The fraction of sp³-hybridized carbons (Fsp3) is 0.600. The summed E-state index contributed by atoms with van der Waals surface area (Å²) in [7, 11) is 1.47. The van der Waals surface area contributed by atoms with Gasteiger partial charge in [-0.2, -0.15) is 0 Å². The van der Waals surface area contributed by atoms with E-state index in [1.807, 2.05) is 13.0 Å². The number of nitro groups is 1. The van der Waals surface area contributed by atoms with Gasteiger partial charge in [0.25, 0.3) is 0 Å². The number of aryl methyl sites for hydroxylation is 1. The number of ether oxygens (including phenoxy) is 1. The summed E-state index contributed by atoms with van der Waals surface area (Å²) in [6.45, 7) is 9.07. The van der Waals surface area contributed by atoms with Crippen LogP contribution in [0.2, 0.25) is 0 Å². The Kier molecular flexibility index (Phi) is 4.80. The van der Waals surface area contributed by atoms with Crippen LogP contribution in [0.25, 0.3) is 0 Å². The first-order chi connectivity index (χ1) is 9.95. The van der Waals surface area contributed by atoms with Gasteiger partial charge in [0, 0.05) is 37.8 Å². The molecule has 0 saturated carbocycles. The van der Waals surface area contributed by atoms with Crippen LogP contribution in [-0.4, -0.2) is 42.6 Å². The molecule has 21 heavy (non-hydrogen) atoms. The van der Waals surface area contributed by atoms with Gasteiger partial charge in [0.2, 0.25) is 0 Å². The smallest absolute Gasteiger partial charge is 0.311 e. The Labute approximate surface area is 125 Å². The number of rotatable bonds is 4. The molecule has 0 radical (unpaired) electrons. The Morgan fingerprint density at radius 3 is 2.76 bits per heavy atom. The zero-order valence-electron chi connectivity index (χ0n) is 13.0. The van der Waals surface area contributed by atoms with Crippen LogP contribution < -0.4 is 10.1 Å². The lowest BCUT2D eigenvalue weighted by molar-refractivity contribution is -0.385. The highest BCUT2D eigenvalue weighted by Gasteiger charge is 2.29. The van der Waals surface area contributed by atoms with Gasteiger partial charge < -0.3 is 10.1 Å². The molecule has 2 rings (SSSR count). The molecule has 0 aromatic heterocycles. The Balaban J connectivity index is 2.45. The molecule has 1 fully saturated rings. The fourth-order valence-corrected chi connectivity index (χ4v) is 2.98. The molecule has 0 aliphatic carbocycles. The van der Waals surface area contributed by atoms with Crippen LogP contribution in [0.5, 0.6) is 5.75 Å². The number of piperazine rings is 1. The van der Waals surface area contributed by atoms with Gasteiger partial charge in [-0.15, -0.1) is 0 Å². The summed E-state index contributed by atoms with van der Waals surface area (Å²) in [4.78, 5) is 13.1. The molecule has 1 heterocycles. The Bertz CT molecular complexity index is 531. The lowest BCUT2D eigenvalue weighted by Crippen LogP contribution is -2.49. The zero-order valence-corrected chi connectivity index (χ0v) is 13.0. The SMILES string of the molecule is COc1cc(C2CNCCN2C(C)C)c(C)cc1[N+](=O)[O-]. The highest BCUT2D eigenvalue weighted by atomic mass is 16.6. The predicted molar refractivity (Wildman–Crippen MR) is 81.8 cm³/mol. The van der Waals surface area contributed by atoms with E-state index in [1.54, 1.807) is 6.07 Å². The van der Waals surface area contributed by atoms with Crippen molar-refractivity contribution in [2.75, 3.05) is 26.7 Å². The number of benzene rings is 1. The van der Waals surface area contributed by atoms with Gasteiger partial charge in [0.05, 0.1) is 12.0 Å². The molecule has 0 spiro atoms. The van der Waals surface area contributed by atoms with Gasteiger partial charge in [0.15, 0.2) is 5.75 Å². The molecule has 1 N–H and O–H groups in total. The first kappa shape index (κ1) is 15.7. The van der Waals surface area contributed by atoms with Gasteiger partial charge in [-0.3, -0.25) is 15.0 Å². The number of nitro benzene ring substituents is 1. The van der Waals surface area contributed by atoms with E-state index in [4.69, 9.17) is 4.74 Å². The number of nitrogens with one attached hydrogen (secondary N) is 1. The predicted octanol–water partition coefficient (Wildman–Crippen LogP) is 2.27. The van der Waals surface area contributed by atoms with Gasteiger partial charge in [-0.05, 0) is 38.0 Å². The molecule has 116 valence electrons. The molecule has 1 unspecified atom stereocenters. The van der Waals surface area contributed by atoms with Crippen LogP contribution in [0.3, 0.4) is 0 Å². The monoisotopic (exact) mass is 293 g/mol. The van der Waals surface area contributed by atoms with Crippen LogP contribution in [0, 0.1) is 17.0 Å². The fourth-order valence-electron chi connectivity index (χ4n) is 2.98. The summed E-state index contributed by atoms with van der Waals surface area (Å²) in [6, 6.07) is 4.08. The van der Waals surface area contributed by atoms with Gasteiger partial charge in [-0.25, -0.2) is 0 Å². The molecular formula is C15H23N3O3. The molecule has 1 aromatic carbocycles. The molecule has 1 saturated heterocycles. The summed E-state index contributed by atoms with van der Waals surface area (Å²) >= 11 is 0. The molecule has 0 bridgehead atoms. The van der Waals surface area contributed by atoms with Crippen molar-refractivity contribution >= 4 is 5.69 Å². The molecule has 1 aromatic rings. The summed E-state index contributed by atoms with van der Waals surface area (Å²) < 4.78 is 5.21. The Morgan fingerprint density at radius 1 is 1.48 bits per heavy atom. The van der Waals surface area contributed by atoms with Gasteiger partial charge in [-0.1, -0.05) is 0 Å². The summed E-state index contributed by atoms with van der Waals surface area (Å²) in [5, 5.41) is 14.5. The van der Waals surface area contributed by atoms with Crippen molar-refractivity contribution in [3.8, 4) is 5.75 Å². The molecule has 1 atom stereocenters. The lowest BCUT2D eigenvalue weighted by Gasteiger charge is -2.40. The molecule has 6 heteroatoms. The van der Waals surface area contributed by atoms with Gasteiger partial charge >= 0.3 is 5.69 Å². The topological polar surface area (TPSA) is 67.6 Å². The maximum atomic E-state index is 11.1. The zero-order chi connectivity index (χ0) is 15.6. The first-order valence-corrected chi connectivity index (χ1v) is 7.25. The first-order valence-electron chi connectivity index (χ1n) is 7.25. The molecule has 1 aliphatic rings. The van der Waals surface area contributed by atoms with E-state index in [0.29, 0.717) is 11.8 Å². The molecule has 1 aliphatic heterocycles. The molecule has 6 nitrogen and oxygen atoms in total. The third-order valence-electron chi connectivity index (χ3n) is 4.07. The minimum absolute atomic E-state index is 0.0265. The Hall–Kier alpha value is -1.66.